The summed E-state index contributed by atoms with van der Waals surface area (Å²) in [6.45, 7) is 3.77. The first-order valence-corrected chi connectivity index (χ1v) is 7.72. The Bertz CT molecular complexity index is 721. The van der Waals surface area contributed by atoms with Crippen LogP contribution in [0.15, 0.2) is 53.5 Å². The van der Waals surface area contributed by atoms with Gasteiger partial charge in [-0.2, -0.15) is 0 Å². The van der Waals surface area contributed by atoms with E-state index in [0.717, 1.165) is 25.2 Å². The predicted molar refractivity (Wildman–Crippen MR) is 86.3 cm³/mol. The molecule has 22 heavy (non-hydrogen) atoms. The monoisotopic (exact) mass is 296 g/mol. The van der Waals surface area contributed by atoms with Gasteiger partial charge < -0.3 is 4.90 Å². The van der Waals surface area contributed by atoms with Crippen LogP contribution in [0.5, 0.6) is 0 Å². The number of carbonyl (C=O) groups excluding carboxylic acids is 1. The zero-order valence-corrected chi connectivity index (χ0v) is 12.7. The molecule has 0 aliphatic carbocycles. The quantitative estimate of drug-likeness (QED) is 0.855. The zero-order valence-electron chi connectivity index (χ0n) is 12.7. The average Bonchev–Trinajstić information content (AvgIpc) is 2.55. The Kier molecular flexibility index (Phi) is 4.09. The lowest BCUT2D eigenvalue weighted by molar-refractivity contribution is 0.0682. The van der Waals surface area contributed by atoms with Gasteiger partial charge in [0.25, 0.3) is 11.5 Å². The fourth-order valence-corrected chi connectivity index (χ4v) is 2.96. The van der Waals surface area contributed by atoms with Gasteiger partial charge in [0.15, 0.2) is 0 Å². The number of amides is 1. The van der Waals surface area contributed by atoms with Crippen molar-refractivity contribution >= 4 is 5.91 Å². The molecular formula is C18H20N2O2. The van der Waals surface area contributed by atoms with E-state index in [0.29, 0.717) is 11.5 Å². The third kappa shape index (κ3) is 2.96. The lowest BCUT2D eigenvalue weighted by Crippen LogP contribution is -2.39. The topological polar surface area (TPSA) is 42.3 Å². The number of rotatable bonds is 2. The van der Waals surface area contributed by atoms with Crippen molar-refractivity contribution in [3.05, 3.63) is 64.6 Å². The van der Waals surface area contributed by atoms with Crippen LogP contribution in [0.4, 0.5) is 0 Å². The second-order valence-electron chi connectivity index (χ2n) is 5.96. The Morgan fingerprint density at radius 2 is 1.91 bits per heavy atom. The molecule has 0 spiro atoms. The van der Waals surface area contributed by atoms with Gasteiger partial charge in [-0.25, -0.2) is 0 Å². The lowest BCUT2D eigenvalue weighted by atomic mass is 10.00. The number of pyridine rings is 1. The Balaban J connectivity index is 1.92. The molecule has 0 radical (unpaired) electrons. The van der Waals surface area contributed by atoms with Gasteiger partial charge in [-0.15, -0.1) is 0 Å². The molecule has 2 aromatic rings. The van der Waals surface area contributed by atoms with E-state index in [1.807, 2.05) is 35.2 Å². The van der Waals surface area contributed by atoms with Gasteiger partial charge in [-0.05, 0) is 37.0 Å². The minimum Gasteiger partial charge on any atom is -0.338 e. The molecule has 1 fully saturated rings. The van der Waals surface area contributed by atoms with Crippen LogP contribution in [0.2, 0.25) is 0 Å². The van der Waals surface area contributed by atoms with Crippen LogP contribution in [0.25, 0.3) is 5.69 Å². The molecule has 3 rings (SSSR count). The molecule has 0 saturated carbocycles. The minimum absolute atomic E-state index is 0.0104. The second-order valence-corrected chi connectivity index (χ2v) is 5.96. The van der Waals surface area contributed by atoms with E-state index < -0.39 is 0 Å². The summed E-state index contributed by atoms with van der Waals surface area (Å²) >= 11 is 0. The Morgan fingerprint density at radius 3 is 2.64 bits per heavy atom. The van der Waals surface area contributed by atoms with E-state index >= 15 is 0 Å². The Hall–Kier alpha value is -2.36. The highest BCUT2D eigenvalue weighted by Crippen LogP contribution is 2.18. The van der Waals surface area contributed by atoms with Gasteiger partial charge in [0.05, 0.1) is 5.56 Å². The highest BCUT2D eigenvalue weighted by molar-refractivity contribution is 5.94. The van der Waals surface area contributed by atoms with E-state index in [9.17, 15) is 9.59 Å². The average molecular weight is 296 g/mol. The van der Waals surface area contributed by atoms with Crippen LogP contribution in [-0.4, -0.2) is 28.5 Å². The molecule has 114 valence electrons. The standard InChI is InChI=1S/C18H20N2O2/c1-14-6-5-11-19(12-14)18(22)15-9-10-17(21)20(13-15)16-7-3-2-4-8-16/h2-4,7-10,13-14H,5-6,11-12H2,1H3. The molecule has 1 aromatic carbocycles. The molecule has 1 amide bonds. The van der Waals surface area contributed by atoms with Gasteiger partial charge in [0.2, 0.25) is 0 Å². The number of likely N-dealkylation sites (tertiary alicyclic amines) is 1. The SMILES string of the molecule is CC1CCCN(C(=O)c2ccc(=O)n(-c3ccccc3)c2)C1. The van der Waals surface area contributed by atoms with Crippen LogP contribution >= 0.6 is 0 Å². The minimum atomic E-state index is -0.130. The normalized spacial score (nSPS) is 18.2. The van der Waals surface area contributed by atoms with Crippen molar-refractivity contribution in [2.24, 2.45) is 5.92 Å². The van der Waals surface area contributed by atoms with Crippen molar-refractivity contribution in [3.8, 4) is 5.69 Å². The summed E-state index contributed by atoms with van der Waals surface area (Å²) in [5.74, 6) is 0.550. The van der Waals surface area contributed by atoms with Crippen molar-refractivity contribution in [2.75, 3.05) is 13.1 Å². The fourth-order valence-electron chi connectivity index (χ4n) is 2.96. The number of hydrogen-bond donors (Lipinski definition) is 0. The molecular weight excluding hydrogens is 276 g/mol. The van der Waals surface area contributed by atoms with Gasteiger partial charge in [0, 0.05) is 31.0 Å². The maximum absolute atomic E-state index is 12.7. The number of aromatic nitrogens is 1. The van der Waals surface area contributed by atoms with Crippen LogP contribution in [0, 0.1) is 5.92 Å². The first kappa shape index (κ1) is 14.6. The molecule has 1 aromatic heterocycles. The molecule has 1 atom stereocenters. The molecule has 1 unspecified atom stereocenters. The van der Waals surface area contributed by atoms with Crippen LogP contribution in [-0.2, 0) is 0 Å². The van der Waals surface area contributed by atoms with E-state index in [2.05, 4.69) is 6.92 Å². The van der Waals surface area contributed by atoms with E-state index in [4.69, 9.17) is 0 Å². The molecule has 1 aliphatic rings. The van der Waals surface area contributed by atoms with Crippen molar-refractivity contribution < 1.29 is 4.79 Å². The second kappa shape index (κ2) is 6.18. The summed E-state index contributed by atoms with van der Waals surface area (Å²) in [7, 11) is 0. The van der Waals surface area contributed by atoms with Crippen molar-refractivity contribution in [1.82, 2.24) is 9.47 Å². The Labute approximate surface area is 130 Å². The largest absolute Gasteiger partial charge is 0.338 e. The lowest BCUT2D eigenvalue weighted by Gasteiger charge is -2.31. The van der Waals surface area contributed by atoms with Gasteiger partial charge >= 0.3 is 0 Å². The summed E-state index contributed by atoms with van der Waals surface area (Å²) in [6, 6.07) is 12.5. The van der Waals surface area contributed by atoms with Gasteiger partial charge in [0.1, 0.15) is 0 Å². The summed E-state index contributed by atoms with van der Waals surface area (Å²) in [5, 5.41) is 0. The summed E-state index contributed by atoms with van der Waals surface area (Å²) in [6.07, 6.45) is 3.87. The summed E-state index contributed by atoms with van der Waals surface area (Å²) < 4.78 is 1.53. The number of benzene rings is 1. The predicted octanol–water partition coefficient (Wildman–Crippen LogP) is 2.71. The van der Waals surface area contributed by atoms with Gasteiger partial charge in [-0.3, -0.25) is 14.2 Å². The third-order valence-electron chi connectivity index (χ3n) is 4.14. The first-order valence-electron chi connectivity index (χ1n) is 7.72. The van der Waals surface area contributed by atoms with E-state index in [1.165, 1.54) is 17.1 Å². The number of para-hydroxylation sites is 1. The van der Waals surface area contributed by atoms with Crippen molar-refractivity contribution in [2.45, 2.75) is 19.8 Å². The maximum atomic E-state index is 12.7. The van der Waals surface area contributed by atoms with Gasteiger partial charge in [-0.1, -0.05) is 25.1 Å². The molecule has 2 heterocycles. The van der Waals surface area contributed by atoms with E-state index in [-0.39, 0.29) is 11.5 Å². The van der Waals surface area contributed by atoms with Crippen LogP contribution < -0.4 is 5.56 Å². The third-order valence-corrected chi connectivity index (χ3v) is 4.14. The Morgan fingerprint density at radius 1 is 1.14 bits per heavy atom. The smallest absolute Gasteiger partial charge is 0.255 e. The highest BCUT2D eigenvalue weighted by atomic mass is 16.2. The summed E-state index contributed by atoms with van der Waals surface area (Å²) in [4.78, 5) is 26.6. The first-order chi connectivity index (χ1) is 10.6. The highest BCUT2D eigenvalue weighted by Gasteiger charge is 2.22. The zero-order chi connectivity index (χ0) is 15.5. The molecule has 4 nitrogen and oxygen atoms in total. The number of hydrogen-bond acceptors (Lipinski definition) is 2. The van der Waals surface area contributed by atoms with Crippen molar-refractivity contribution in [1.29, 1.82) is 0 Å². The van der Waals surface area contributed by atoms with Crippen LogP contribution in [0.3, 0.4) is 0 Å². The summed E-state index contributed by atoms with van der Waals surface area (Å²) in [5.41, 5.74) is 1.21. The van der Waals surface area contributed by atoms with Crippen molar-refractivity contribution in [3.63, 3.8) is 0 Å². The fraction of sp³-hybridized carbons (Fsp3) is 0.333. The molecule has 1 saturated heterocycles. The number of carbonyl (C=O) groups is 1. The van der Waals surface area contributed by atoms with Crippen LogP contribution in [0.1, 0.15) is 30.1 Å². The number of piperidine rings is 1. The molecule has 0 N–H and O–H groups in total. The number of nitrogens with zero attached hydrogens (tertiary/aromatic N) is 2. The van der Waals surface area contributed by atoms with E-state index in [1.54, 1.807) is 12.3 Å². The molecule has 0 bridgehead atoms. The molecule has 4 heteroatoms. The maximum Gasteiger partial charge on any atom is 0.255 e. The molecule has 1 aliphatic heterocycles.